The summed E-state index contributed by atoms with van der Waals surface area (Å²) >= 11 is 1.60. The molecule has 20 heavy (non-hydrogen) atoms. The summed E-state index contributed by atoms with van der Waals surface area (Å²) in [5, 5.41) is 14.3. The quantitative estimate of drug-likeness (QED) is 0.262. The number of nitrogens with one attached hydrogen (secondary N) is 1. The van der Waals surface area contributed by atoms with Crippen molar-refractivity contribution in [2.24, 2.45) is 10.9 Å². The van der Waals surface area contributed by atoms with Crippen molar-refractivity contribution >= 4 is 23.1 Å². The maximum absolute atomic E-state index is 12.2. The number of hydrogen-bond donors (Lipinski definition) is 3. The Bertz CT molecular complexity index is 487. The van der Waals surface area contributed by atoms with Gasteiger partial charge < -0.3 is 16.3 Å². The molecule has 1 atom stereocenters. The molecule has 0 aliphatic heterocycles. The van der Waals surface area contributed by atoms with Crippen LogP contribution in [0.4, 0.5) is 0 Å². The van der Waals surface area contributed by atoms with E-state index >= 15 is 0 Å². The number of rotatable bonds is 4. The van der Waals surface area contributed by atoms with Gasteiger partial charge in [0.15, 0.2) is 0 Å². The number of aryl methyl sites for hydroxylation is 2. The molecule has 0 aromatic carbocycles. The number of oxime groups is 1. The molecular formula is C14H21N3O2S. The highest BCUT2D eigenvalue weighted by atomic mass is 32.1. The highest BCUT2D eigenvalue weighted by molar-refractivity contribution is 7.14. The third kappa shape index (κ3) is 3.72. The first-order chi connectivity index (χ1) is 9.60. The molecule has 1 aromatic rings. The van der Waals surface area contributed by atoms with Crippen LogP contribution >= 0.6 is 11.3 Å². The first-order valence-corrected chi connectivity index (χ1v) is 7.80. The molecule has 4 N–H and O–H groups in total. The van der Waals surface area contributed by atoms with Crippen LogP contribution in [-0.2, 0) is 12.8 Å². The van der Waals surface area contributed by atoms with Crippen molar-refractivity contribution in [2.75, 3.05) is 0 Å². The maximum atomic E-state index is 12.2. The minimum Gasteiger partial charge on any atom is -0.409 e. The SMILES string of the molecule is CC(CC(N)=NO)NC(=O)c1cc2c(s1)CCCCC2. The van der Waals surface area contributed by atoms with Crippen molar-refractivity contribution in [3.05, 3.63) is 21.4 Å². The van der Waals surface area contributed by atoms with E-state index in [0.29, 0.717) is 6.42 Å². The van der Waals surface area contributed by atoms with Crippen LogP contribution < -0.4 is 11.1 Å². The second kappa shape index (κ2) is 6.74. The number of carbonyl (C=O) groups excluding carboxylic acids is 1. The van der Waals surface area contributed by atoms with Crippen molar-refractivity contribution in [2.45, 2.75) is 51.5 Å². The largest absolute Gasteiger partial charge is 0.409 e. The average molecular weight is 295 g/mol. The highest BCUT2D eigenvalue weighted by Crippen LogP contribution is 2.28. The zero-order chi connectivity index (χ0) is 14.5. The van der Waals surface area contributed by atoms with E-state index in [0.717, 1.165) is 17.7 Å². The van der Waals surface area contributed by atoms with Gasteiger partial charge in [-0.05, 0) is 44.2 Å². The molecule has 0 spiro atoms. The zero-order valence-corrected chi connectivity index (χ0v) is 12.5. The zero-order valence-electron chi connectivity index (χ0n) is 11.7. The molecule has 110 valence electrons. The van der Waals surface area contributed by atoms with Gasteiger partial charge in [0, 0.05) is 17.3 Å². The van der Waals surface area contributed by atoms with Gasteiger partial charge in [-0.3, -0.25) is 4.79 Å². The monoisotopic (exact) mass is 295 g/mol. The topological polar surface area (TPSA) is 87.7 Å². The van der Waals surface area contributed by atoms with Crippen LogP contribution in [0.25, 0.3) is 0 Å². The lowest BCUT2D eigenvalue weighted by Gasteiger charge is -2.11. The van der Waals surface area contributed by atoms with E-state index in [2.05, 4.69) is 10.5 Å². The number of fused-ring (bicyclic) bond motifs is 1. The molecule has 1 aliphatic rings. The van der Waals surface area contributed by atoms with Crippen LogP contribution in [0.3, 0.4) is 0 Å². The van der Waals surface area contributed by atoms with Gasteiger partial charge in [-0.2, -0.15) is 0 Å². The molecule has 0 bridgehead atoms. The predicted octanol–water partition coefficient (Wildman–Crippen LogP) is 2.27. The molecule has 1 aliphatic carbocycles. The Hall–Kier alpha value is -1.56. The van der Waals surface area contributed by atoms with Crippen LogP contribution in [0.1, 0.15) is 52.7 Å². The molecule has 1 unspecified atom stereocenters. The maximum Gasteiger partial charge on any atom is 0.261 e. The second-order valence-electron chi connectivity index (χ2n) is 5.29. The Morgan fingerprint density at radius 2 is 2.25 bits per heavy atom. The number of hydrogen-bond acceptors (Lipinski definition) is 4. The molecule has 6 heteroatoms. The van der Waals surface area contributed by atoms with E-state index in [1.54, 1.807) is 11.3 Å². The first kappa shape index (κ1) is 14.8. The van der Waals surface area contributed by atoms with Crippen LogP contribution in [0.5, 0.6) is 0 Å². The fourth-order valence-electron chi connectivity index (χ4n) is 2.48. The normalized spacial score (nSPS) is 17.1. The van der Waals surface area contributed by atoms with E-state index in [4.69, 9.17) is 10.9 Å². The molecule has 1 heterocycles. The van der Waals surface area contributed by atoms with E-state index in [9.17, 15) is 4.79 Å². The van der Waals surface area contributed by atoms with E-state index in [1.807, 2.05) is 13.0 Å². The average Bonchev–Trinajstić information content (AvgIpc) is 2.70. The molecule has 1 aromatic heterocycles. The lowest BCUT2D eigenvalue weighted by molar-refractivity contribution is 0.0945. The van der Waals surface area contributed by atoms with Crippen LogP contribution in [0.15, 0.2) is 11.2 Å². The molecule has 0 saturated heterocycles. The summed E-state index contributed by atoms with van der Waals surface area (Å²) in [5.41, 5.74) is 6.77. The minimum atomic E-state index is -0.152. The van der Waals surface area contributed by atoms with E-state index in [-0.39, 0.29) is 17.8 Å². The number of nitrogens with zero attached hydrogens (tertiary/aromatic N) is 1. The molecule has 2 rings (SSSR count). The summed E-state index contributed by atoms with van der Waals surface area (Å²) in [6.07, 6.45) is 6.22. The molecule has 0 fully saturated rings. The van der Waals surface area contributed by atoms with Gasteiger partial charge >= 0.3 is 0 Å². The van der Waals surface area contributed by atoms with Gasteiger partial charge in [-0.1, -0.05) is 11.6 Å². The molecule has 0 radical (unpaired) electrons. The van der Waals surface area contributed by atoms with E-state index < -0.39 is 0 Å². The van der Waals surface area contributed by atoms with Crippen molar-refractivity contribution in [1.29, 1.82) is 0 Å². The van der Waals surface area contributed by atoms with Gasteiger partial charge in [0.25, 0.3) is 5.91 Å². The Labute approximate surface area is 122 Å². The third-order valence-corrected chi connectivity index (χ3v) is 4.73. The van der Waals surface area contributed by atoms with Gasteiger partial charge in [-0.25, -0.2) is 0 Å². The minimum absolute atomic E-state index is 0.0682. The Kier molecular flexibility index (Phi) is 5.00. The van der Waals surface area contributed by atoms with E-state index in [1.165, 1.54) is 29.7 Å². The predicted molar refractivity (Wildman–Crippen MR) is 80.5 cm³/mol. The smallest absolute Gasteiger partial charge is 0.261 e. The molecular weight excluding hydrogens is 274 g/mol. The molecule has 0 saturated carbocycles. The number of amides is 1. The number of thiophene rings is 1. The number of nitrogens with two attached hydrogens (primary N) is 1. The van der Waals surface area contributed by atoms with Crippen LogP contribution in [-0.4, -0.2) is 23.0 Å². The highest BCUT2D eigenvalue weighted by Gasteiger charge is 2.18. The summed E-state index contributed by atoms with van der Waals surface area (Å²) in [6, 6.07) is 1.87. The lowest BCUT2D eigenvalue weighted by atomic mass is 10.1. The second-order valence-corrected chi connectivity index (χ2v) is 6.43. The van der Waals surface area contributed by atoms with Crippen molar-refractivity contribution in [3.63, 3.8) is 0 Å². The van der Waals surface area contributed by atoms with Crippen molar-refractivity contribution in [1.82, 2.24) is 5.32 Å². The lowest BCUT2D eigenvalue weighted by Crippen LogP contribution is -2.35. The molecule has 1 amide bonds. The summed E-state index contributed by atoms with van der Waals surface area (Å²) in [4.78, 5) is 14.3. The molecule has 5 nitrogen and oxygen atoms in total. The van der Waals surface area contributed by atoms with Crippen molar-refractivity contribution in [3.8, 4) is 0 Å². The Morgan fingerprint density at radius 1 is 1.50 bits per heavy atom. The third-order valence-electron chi connectivity index (χ3n) is 3.49. The van der Waals surface area contributed by atoms with Gasteiger partial charge in [-0.15, -0.1) is 11.3 Å². The van der Waals surface area contributed by atoms with Gasteiger partial charge in [0.1, 0.15) is 5.84 Å². The fourth-order valence-corrected chi connectivity index (χ4v) is 3.64. The summed E-state index contributed by atoms with van der Waals surface area (Å²) < 4.78 is 0. The van der Waals surface area contributed by atoms with Gasteiger partial charge in [0.2, 0.25) is 0 Å². The Balaban J connectivity index is 1.99. The van der Waals surface area contributed by atoms with Crippen LogP contribution in [0, 0.1) is 0 Å². The summed E-state index contributed by atoms with van der Waals surface area (Å²) in [6.45, 7) is 1.84. The van der Waals surface area contributed by atoms with Crippen molar-refractivity contribution < 1.29 is 10.0 Å². The van der Waals surface area contributed by atoms with Crippen LogP contribution in [0.2, 0.25) is 0 Å². The standard InChI is InChI=1S/C14H21N3O2S/c1-9(7-13(15)17-19)16-14(18)12-8-10-5-3-2-4-6-11(10)20-12/h8-9,19H,2-7H2,1H3,(H2,15,17)(H,16,18). The summed E-state index contributed by atoms with van der Waals surface area (Å²) in [7, 11) is 0. The first-order valence-electron chi connectivity index (χ1n) is 6.99. The number of carbonyl (C=O) groups is 1. The van der Waals surface area contributed by atoms with Gasteiger partial charge in [0.05, 0.1) is 4.88 Å². The summed E-state index contributed by atoms with van der Waals surface area (Å²) in [5.74, 6) is 0.0566. The fraction of sp³-hybridized carbons (Fsp3) is 0.571. The number of amidine groups is 1. The Morgan fingerprint density at radius 3 is 3.00 bits per heavy atom.